The Kier molecular flexibility index (Phi) is 3.65. The SMILES string of the molecule is CN1CC2(CC(C(=O)Cc3cc4cc(-c5cnn(C)c5)ccc4nn3)C2)C1. The van der Waals surface area contributed by atoms with Crippen LogP contribution in [0.25, 0.3) is 22.0 Å². The number of hydrogen-bond acceptors (Lipinski definition) is 5. The van der Waals surface area contributed by atoms with Gasteiger partial charge in [-0.25, -0.2) is 0 Å². The Morgan fingerprint density at radius 2 is 1.96 bits per heavy atom. The van der Waals surface area contributed by atoms with E-state index < -0.39 is 0 Å². The number of nitrogens with zero attached hydrogens (tertiary/aromatic N) is 5. The number of aryl methyl sites for hydroxylation is 1. The maximum Gasteiger partial charge on any atom is 0.142 e. The number of carbonyl (C=O) groups excluding carboxylic acids is 1. The van der Waals surface area contributed by atoms with Crippen molar-refractivity contribution in [1.29, 1.82) is 0 Å². The van der Waals surface area contributed by atoms with Gasteiger partial charge in [0.2, 0.25) is 0 Å². The maximum absolute atomic E-state index is 12.6. The van der Waals surface area contributed by atoms with Crippen LogP contribution >= 0.6 is 0 Å². The van der Waals surface area contributed by atoms with Crippen molar-refractivity contribution in [2.75, 3.05) is 20.1 Å². The molecule has 1 saturated carbocycles. The lowest BCUT2D eigenvalue weighted by atomic mass is 9.56. The van der Waals surface area contributed by atoms with Gasteiger partial charge in [-0.3, -0.25) is 9.48 Å². The third kappa shape index (κ3) is 2.94. The molecule has 1 aromatic carbocycles. The number of ketones is 1. The molecule has 27 heavy (non-hydrogen) atoms. The van der Waals surface area contributed by atoms with Gasteiger partial charge in [-0.2, -0.15) is 15.3 Å². The summed E-state index contributed by atoms with van der Waals surface area (Å²) in [6, 6.07) is 8.10. The highest BCUT2D eigenvalue weighted by Crippen LogP contribution is 2.51. The highest BCUT2D eigenvalue weighted by atomic mass is 16.1. The first-order valence-corrected chi connectivity index (χ1v) is 9.46. The molecule has 3 heterocycles. The summed E-state index contributed by atoms with van der Waals surface area (Å²) in [6.45, 7) is 2.29. The van der Waals surface area contributed by atoms with Crippen LogP contribution < -0.4 is 0 Å². The quantitative estimate of drug-likeness (QED) is 0.714. The normalized spacial score (nSPS) is 19.2. The van der Waals surface area contributed by atoms with E-state index in [1.165, 1.54) is 0 Å². The summed E-state index contributed by atoms with van der Waals surface area (Å²) in [5.41, 5.74) is 4.21. The van der Waals surface area contributed by atoms with Crippen molar-refractivity contribution in [3.05, 3.63) is 42.4 Å². The minimum atomic E-state index is 0.206. The van der Waals surface area contributed by atoms with E-state index in [1.54, 1.807) is 4.68 Å². The van der Waals surface area contributed by atoms with Crippen LogP contribution in [0.4, 0.5) is 0 Å². The smallest absolute Gasteiger partial charge is 0.142 e. The second-order valence-corrected chi connectivity index (χ2v) is 8.43. The molecule has 138 valence electrons. The average molecular weight is 361 g/mol. The number of rotatable bonds is 4. The van der Waals surface area contributed by atoms with Gasteiger partial charge in [0.25, 0.3) is 0 Å². The van der Waals surface area contributed by atoms with Gasteiger partial charge in [0.05, 0.1) is 23.8 Å². The minimum absolute atomic E-state index is 0.206. The van der Waals surface area contributed by atoms with E-state index in [0.29, 0.717) is 17.6 Å². The Hall–Kier alpha value is -2.60. The number of aromatic nitrogens is 4. The zero-order valence-corrected chi connectivity index (χ0v) is 15.7. The molecule has 6 heteroatoms. The third-order valence-electron chi connectivity index (χ3n) is 6.05. The van der Waals surface area contributed by atoms with Gasteiger partial charge in [0, 0.05) is 43.2 Å². The van der Waals surface area contributed by atoms with E-state index in [9.17, 15) is 4.79 Å². The predicted molar refractivity (Wildman–Crippen MR) is 103 cm³/mol. The van der Waals surface area contributed by atoms with E-state index in [4.69, 9.17) is 0 Å². The molecule has 1 aliphatic carbocycles. The van der Waals surface area contributed by atoms with Gasteiger partial charge in [-0.15, -0.1) is 0 Å². The molecule has 2 fully saturated rings. The van der Waals surface area contributed by atoms with E-state index in [1.807, 2.05) is 37.6 Å². The average Bonchev–Trinajstić information content (AvgIpc) is 3.02. The summed E-state index contributed by atoms with van der Waals surface area (Å²) in [5, 5.41) is 13.8. The molecule has 2 aliphatic rings. The molecular weight excluding hydrogens is 338 g/mol. The van der Waals surface area contributed by atoms with E-state index in [-0.39, 0.29) is 5.92 Å². The summed E-state index contributed by atoms with van der Waals surface area (Å²) in [7, 11) is 4.05. The molecule has 1 aliphatic heterocycles. The Bertz CT molecular complexity index is 1030. The van der Waals surface area contributed by atoms with Crippen molar-refractivity contribution in [2.24, 2.45) is 18.4 Å². The van der Waals surface area contributed by atoms with E-state index in [0.717, 1.165) is 53.7 Å². The van der Waals surface area contributed by atoms with Crippen molar-refractivity contribution < 1.29 is 4.79 Å². The van der Waals surface area contributed by atoms with Gasteiger partial charge >= 0.3 is 0 Å². The summed E-state index contributed by atoms with van der Waals surface area (Å²) in [5.74, 6) is 0.519. The highest BCUT2D eigenvalue weighted by Gasteiger charge is 2.52. The number of carbonyl (C=O) groups is 1. The molecule has 0 amide bonds. The number of hydrogen-bond donors (Lipinski definition) is 0. The van der Waals surface area contributed by atoms with Crippen LogP contribution in [-0.4, -0.2) is 50.8 Å². The third-order valence-corrected chi connectivity index (χ3v) is 6.05. The van der Waals surface area contributed by atoms with Crippen LogP contribution in [-0.2, 0) is 18.3 Å². The summed E-state index contributed by atoms with van der Waals surface area (Å²) in [6.07, 6.45) is 6.32. The van der Waals surface area contributed by atoms with Crippen LogP contribution in [0.3, 0.4) is 0 Å². The summed E-state index contributed by atoms with van der Waals surface area (Å²) in [4.78, 5) is 15.0. The lowest BCUT2D eigenvalue weighted by molar-refractivity contribution is -0.139. The van der Waals surface area contributed by atoms with Crippen LogP contribution in [0.2, 0.25) is 0 Å². The molecule has 0 radical (unpaired) electrons. The second-order valence-electron chi connectivity index (χ2n) is 8.43. The first kappa shape index (κ1) is 16.6. The van der Waals surface area contributed by atoms with Crippen LogP contribution in [0.5, 0.6) is 0 Å². The molecule has 3 aromatic rings. The minimum Gasteiger partial charge on any atom is -0.305 e. The molecule has 0 N–H and O–H groups in total. The predicted octanol–water partition coefficient (Wildman–Crippen LogP) is 2.48. The molecule has 6 nitrogen and oxygen atoms in total. The number of benzene rings is 1. The van der Waals surface area contributed by atoms with Crippen LogP contribution in [0.1, 0.15) is 18.5 Å². The van der Waals surface area contributed by atoms with E-state index >= 15 is 0 Å². The largest absolute Gasteiger partial charge is 0.305 e. The topological polar surface area (TPSA) is 63.9 Å². The fourth-order valence-electron chi connectivity index (χ4n) is 4.82. The van der Waals surface area contributed by atoms with Crippen LogP contribution in [0.15, 0.2) is 36.7 Å². The van der Waals surface area contributed by atoms with Gasteiger partial charge in [0.1, 0.15) is 5.78 Å². The Labute approximate surface area is 158 Å². The molecule has 0 bridgehead atoms. The molecule has 5 rings (SSSR count). The number of Topliss-reactive ketones (excluding diaryl/α,β-unsaturated/α-hetero) is 1. The number of likely N-dealkylation sites (tertiary alicyclic amines) is 1. The number of fused-ring (bicyclic) bond motifs is 1. The fraction of sp³-hybridized carbons (Fsp3) is 0.429. The lowest BCUT2D eigenvalue weighted by Crippen LogP contribution is -2.61. The van der Waals surface area contributed by atoms with Crippen molar-refractivity contribution in [2.45, 2.75) is 19.3 Å². The molecule has 1 spiro atoms. The first-order chi connectivity index (χ1) is 13.0. The van der Waals surface area contributed by atoms with Crippen molar-refractivity contribution in [3.8, 4) is 11.1 Å². The highest BCUT2D eigenvalue weighted by molar-refractivity contribution is 5.87. The zero-order chi connectivity index (χ0) is 18.6. The standard InChI is InChI=1S/C21H23N5O/c1-25-12-21(13-25)8-16(9-21)20(27)7-18-6-15-5-14(3-4-19(15)24-23-18)17-10-22-26(2)11-17/h3-6,10-11,16H,7-9,12-13H2,1-2H3. The van der Waals surface area contributed by atoms with Crippen molar-refractivity contribution in [3.63, 3.8) is 0 Å². The van der Waals surface area contributed by atoms with Crippen LogP contribution in [0, 0.1) is 11.3 Å². The van der Waals surface area contributed by atoms with Crippen molar-refractivity contribution in [1.82, 2.24) is 24.9 Å². The Morgan fingerprint density at radius 1 is 1.15 bits per heavy atom. The van der Waals surface area contributed by atoms with E-state index in [2.05, 4.69) is 33.3 Å². The molecule has 1 saturated heterocycles. The maximum atomic E-state index is 12.6. The zero-order valence-electron chi connectivity index (χ0n) is 15.7. The van der Waals surface area contributed by atoms with Gasteiger partial charge in [0.15, 0.2) is 0 Å². The summed E-state index contributed by atoms with van der Waals surface area (Å²) < 4.78 is 1.79. The van der Waals surface area contributed by atoms with Crippen molar-refractivity contribution >= 4 is 16.7 Å². The molecule has 0 atom stereocenters. The molecular formula is C21H23N5O. The summed E-state index contributed by atoms with van der Waals surface area (Å²) >= 11 is 0. The molecule has 0 unspecified atom stereocenters. The van der Waals surface area contributed by atoms with Gasteiger partial charge in [-0.05, 0) is 49.1 Å². The van der Waals surface area contributed by atoms with Gasteiger partial charge < -0.3 is 4.90 Å². The first-order valence-electron chi connectivity index (χ1n) is 9.46. The second kappa shape index (κ2) is 5.96. The Morgan fingerprint density at radius 3 is 2.67 bits per heavy atom. The van der Waals surface area contributed by atoms with Gasteiger partial charge in [-0.1, -0.05) is 6.07 Å². The Balaban J connectivity index is 1.32. The molecule has 2 aromatic heterocycles. The monoisotopic (exact) mass is 361 g/mol. The lowest BCUT2D eigenvalue weighted by Gasteiger charge is -2.58. The fourth-order valence-corrected chi connectivity index (χ4v) is 4.82.